The maximum absolute atomic E-state index is 12.4. The van der Waals surface area contributed by atoms with E-state index >= 15 is 0 Å². The molecule has 2 unspecified atom stereocenters. The number of benzene rings is 2. The molecular formula is C18H19NO3S. The highest BCUT2D eigenvalue weighted by atomic mass is 32.1. The predicted molar refractivity (Wildman–Crippen MR) is 94.4 cm³/mol. The van der Waals surface area contributed by atoms with Crippen molar-refractivity contribution in [1.29, 1.82) is 0 Å². The van der Waals surface area contributed by atoms with Gasteiger partial charge < -0.3 is 10.4 Å². The summed E-state index contributed by atoms with van der Waals surface area (Å²) in [7, 11) is 0. The highest BCUT2D eigenvalue weighted by molar-refractivity contribution is 7.81. The molecule has 5 heteroatoms. The van der Waals surface area contributed by atoms with Crippen molar-refractivity contribution >= 4 is 30.2 Å². The Balaban J connectivity index is 2.14. The predicted octanol–water partition coefficient (Wildman–Crippen LogP) is 3.73. The molecule has 0 saturated heterocycles. The molecule has 2 rings (SSSR count). The molecule has 2 aromatic carbocycles. The highest BCUT2D eigenvalue weighted by Gasteiger charge is 2.23. The second-order valence-electron chi connectivity index (χ2n) is 5.53. The topological polar surface area (TPSA) is 66.4 Å². The molecule has 1 amide bonds. The van der Waals surface area contributed by atoms with Crippen molar-refractivity contribution in [3.05, 3.63) is 65.2 Å². The van der Waals surface area contributed by atoms with E-state index in [1.165, 1.54) is 6.07 Å². The number of carbonyl (C=O) groups excluding carboxylic acids is 1. The number of carboxylic acids is 1. The van der Waals surface area contributed by atoms with Gasteiger partial charge in [0.15, 0.2) is 0 Å². The normalized spacial score (nSPS) is 13.2. The van der Waals surface area contributed by atoms with Gasteiger partial charge in [0, 0.05) is 11.6 Å². The number of rotatable bonds is 5. The van der Waals surface area contributed by atoms with Gasteiger partial charge in [-0.1, -0.05) is 37.3 Å². The minimum Gasteiger partial charge on any atom is -0.478 e. The molecule has 2 N–H and O–H groups in total. The maximum atomic E-state index is 12.4. The van der Waals surface area contributed by atoms with E-state index in [4.69, 9.17) is 5.11 Å². The number of hydrogen-bond donors (Lipinski definition) is 3. The Morgan fingerprint density at radius 3 is 2.39 bits per heavy atom. The summed E-state index contributed by atoms with van der Waals surface area (Å²) >= 11 is 4.43. The van der Waals surface area contributed by atoms with Crippen LogP contribution in [0.15, 0.2) is 48.5 Å². The highest BCUT2D eigenvalue weighted by Crippen LogP contribution is 2.24. The van der Waals surface area contributed by atoms with E-state index in [9.17, 15) is 9.59 Å². The third kappa shape index (κ3) is 4.36. The molecular weight excluding hydrogens is 310 g/mol. The minimum absolute atomic E-state index is 0.0664. The van der Waals surface area contributed by atoms with E-state index in [1.54, 1.807) is 19.1 Å². The SMILES string of the molecule is Cc1cc(NC(=O)C(S)C(C)c2ccccc2)cc(C(=O)O)c1. The number of aromatic carboxylic acids is 1. The molecule has 120 valence electrons. The van der Waals surface area contributed by atoms with Gasteiger partial charge in [0.2, 0.25) is 5.91 Å². The third-order valence-electron chi connectivity index (χ3n) is 3.66. The van der Waals surface area contributed by atoms with Crippen LogP contribution in [-0.4, -0.2) is 22.2 Å². The van der Waals surface area contributed by atoms with Gasteiger partial charge in [0.05, 0.1) is 10.8 Å². The Labute approximate surface area is 141 Å². The summed E-state index contributed by atoms with van der Waals surface area (Å²) in [6, 6.07) is 14.4. The maximum Gasteiger partial charge on any atom is 0.335 e. The standard InChI is InChI=1S/C18H19NO3S/c1-11-8-14(18(21)22)10-15(9-11)19-17(20)16(23)12(2)13-6-4-3-5-7-13/h3-10,12,16,23H,1-2H3,(H,19,20)(H,21,22). The van der Waals surface area contributed by atoms with Crippen LogP contribution >= 0.6 is 12.6 Å². The Morgan fingerprint density at radius 2 is 1.78 bits per heavy atom. The van der Waals surface area contributed by atoms with Crippen molar-refractivity contribution < 1.29 is 14.7 Å². The molecule has 0 aliphatic rings. The number of hydrogen-bond acceptors (Lipinski definition) is 3. The van der Waals surface area contributed by atoms with E-state index in [0.29, 0.717) is 5.69 Å². The van der Waals surface area contributed by atoms with Gasteiger partial charge in [-0.3, -0.25) is 4.79 Å². The molecule has 0 aliphatic carbocycles. The Kier molecular flexibility index (Phi) is 5.45. The zero-order valence-electron chi connectivity index (χ0n) is 13.0. The Morgan fingerprint density at radius 1 is 1.13 bits per heavy atom. The zero-order valence-corrected chi connectivity index (χ0v) is 13.9. The Bertz CT molecular complexity index is 715. The summed E-state index contributed by atoms with van der Waals surface area (Å²) in [6.45, 7) is 3.72. The molecule has 0 bridgehead atoms. The van der Waals surface area contributed by atoms with Crippen molar-refractivity contribution in [2.45, 2.75) is 25.0 Å². The number of amides is 1. The first kappa shape index (κ1) is 17.1. The van der Waals surface area contributed by atoms with E-state index in [-0.39, 0.29) is 17.4 Å². The van der Waals surface area contributed by atoms with Gasteiger partial charge >= 0.3 is 5.97 Å². The smallest absolute Gasteiger partial charge is 0.335 e. The fourth-order valence-corrected chi connectivity index (χ4v) is 2.60. The molecule has 23 heavy (non-hydrogen) atoms. The number of carboxylic acid groups (broad SMARTS) is 1. The first-order valence-corrected chi connectivity index (χ1v) is 7.79. The van der Waals surface area contributed by atoms with Crippen molar-refractivity contribution in [2.24, 2.45) is 0 Å². The van der Waals surface area contributed by atoms with Crippen molar-refractivity contribution in [3.8, 4) is 0 Å². The number of anilines is 1. The van der Waals surface area contributed by atoms with Gasteiger partial charge in [0.1, 0.15) is 0 Å². The third-order valence-corrected chi connectivity index (χ3v) is 4.34. The van der Waals surface area contributed by atoms with Crippen molar-refractivity contribution in [3.63, 3.8) is 0 Å². The van der Waals surface area contributed by atoms with E-state index in [0.717, 1.165) is 11.1 Å². The van der Waals surface area contributed by atoms with Crippen molar-refractivity contribution in [1.82, 2.24) is 0 Å². The lowest BCUT2D eigenvalue weighted by Gasteiger charge is -2.19. The fourth-order valence-electron chi connectivity index (χ4n) is 2.36. The van der Waals surface area contributed by atoms with Gasteiger partial charge in [-0.2, -0.15) is 12.6 Å². The second kappa shape index (κ2) is 7.33. The van der Waals surface area contributed by atoms with Gasteiger partial charge in [-0.15, -0.1) is 0 Å². The van der Waals surface area contributed by atoms with Crippen LogP contribution in [0, 0.1) is 6.92 Å². The van der Waals surface area contributed by atoms with Gasteiger partial charge in [-0.05, 0) is 36.2 Å². The summed E-state index contributed by atoms with van der Waals surface area (Å²) in [5.41, 5.74) is 2.41. The quantitative estimate of drug-likeness (QED) is 0.732. The molecule has 0 aromatic heterocycles. The number of aryl methyl sites for hydroxylation is 1. The first-order chi connectivity index (χ1) is 10.9. The molecule has 4 nitrogen and oxygen atoms in total. The first-order valence-electron chi connectivity index (χ1n) is 7.27. The van der Waals surface area contributed by atoms with Crippen LogP contribution in [0.2, 0.25) is 0 Å². The molecule has 0 aliphatic heterocycles. The monoisotopic (exact) mass is 329 g/mol. The van der Waals surface area contributed by atoms with Crippen molar-refractivity contribution in [2.75, 3.05) is 5.32 Å². The van der Waals surface area contributed by atoms with Gasteiger partial charge in [0.25, 0.3) is 0 Å². The van der Waals surface area contributed by atoms with E-state index in [1.807, 2.05) is 37.3 Å². The summed E-state index contributed by atoms with van der Waals surface area (Å²) in [5.74, 6) is -1.35. The van der Waals surface area contributed by atoms with Crippen LogP contribution in [0.5, 0.6) is 0 Å². The van der Waals surface area contributed by atoms with E-state index < -0.39 is 11.2 Å². The summed E-state index contributed by atoms with van der Waals surface area (Å²) in [5, 5.41) is 11.3. The van der Waals surface area contributed by atoms with Gasteiger partial charge in [-0.25, -0.2) is 4.79 Å². The molecule has 0 spiro atoms. The molecule has 0 heterocycles. The fraction of sp³-hybridized carbons (Fsp3) is 0.222. The lowest BCUT2D eigenvalue weighted by atomic mass is 9.97. The molecule has 0 fully saturated rings. The number of thiol groups is 1. The Hall–Kier alpha value is -2.27. The number of carbonyl (C=O) groups is 2. The average molecular weight is 329 g/mol. The summed E-state index contributed by atoms with van der Waals surface area (Å²) in [6.07, 6.45) is 0. The van der Waals surface area contributed by atoms with Crippen LogP contribution in [0.3, 0.4) is 0 Å². The van der Waals surface area contributed by atoms with Crippen LogP contribution in [-0.2, 0) is 4.79 Å². The van der Waals surface area contributed by atoms with Crippen LogP contribution in [0.4, 0.5) is 5.69 Å². The lowest BCUT2D eigenvalue weighted by Crippen LogP contribution is -2.28. The summed E-state index contributed by atoms with van der Waals surface area (Å²) in [4.78, 5) is 23.5. The average Bonchev–Trinajstić information content (AvgIpc) is 2.53. The summed E-state index contributed by atoms with van der Waals surface area (Å²) < 4.78 is 0. The second-order valence-corrected chi connectivity index (χ2v) is 6.08. The minimum atomic E-state index is -1.02. The molecule has 2 aromatic rings. The number of nitrogens with one attached hydrogen (secondary N) is 1. The van der Waals surface area contributed by atoms with Crippen LogP contribution < -0.4 is 5.32 Å². The largest absolute Gasteiger partial charge is 0.478 e. The zero-order chi connectivity index (χ0) is 17.0. The molecule has 2 atom stereocenters. The molecule has 0 radical (unpaired) electrons. The molecule has 0 saturated carbocycles. The van der Waals surface area contributed by atoms with Crippen LogP contribution in [0.25, 0.3) is 0 Å². The van der Waals surface area contributed by atoms with E-state index in [2.05, 4.69) is 17.9 Å². The van der Waals surface area contributed by atoms with Crippen LogP contribution in [0.1, 0.15) is 34.3 Å². The lowest BCUT2D eigenvalue weighted by molar-refractivity contribution is -0.116.